The van der Waals surface area contributed by atoms with E-state index < -0.39 is 0 Å². The maximum Gasteiger partial charge on any atom is 0.238 e. The minimum Gasteiger partial charge on any atom is -0.396 e. The van der Waals surface area contributed by atoms with Crippen LogP contribution in [0, 0.1) is 5.41 Å². The summed E-state index contributed by atoms with van der Waals surface area (Å²) in [5.74, 6) is -0.106. The van der Waals surface area contributed by atoms with Crippen LogP contribution in [-0.2, 0) is 4.79 Å². The lowest BCUT2D eigenvalue weighted by atomic mass is 10.1. The van der Waals surface area contributed by atoms with Crippen molar-refractivity contribution in [2.45, 2.75) is 12.8 Å². The van der Waals surface area contributed by atoms with E-state index in [4.69, 9.17) is 16.7 Å². The Hall–Kier alpha value is -1.10. The summed E-state index contributed by atoms with van der Waals surface area (Å²) >= 11 is 5.82. The molecule has 1 aliphatic rings. The van der Waals surface area contributed by atoms with Crippen molar-refractivity contribution < 1.29 is 9.90 Å². The highest BCUT2D eigenvalue weighted by molar-refractivity contribution is 6.30. The van der Waals surface area contributed by atoms with Gasteiger partial charge >= 0.3 is 0 Å². The molecule has 1 saturated carbocycles. The van der Waals surface area contributed by atoms with Crippen LogP contribution in [-0.4, -0.2) is 30.7 Å². The topological polar surface area (TPSA) is 61.4 Å². The molecule has 5 heteroatoms. The third-order valence-corrected chi connectivity index (χ3v) is 3.42. The smallest absolute Gasteiger partial charge is 0.238 e. The first-order valence-electron chi connectivity index (χ1n) is 6.01. The van der Waals surface area contributed by atoms with Crippen molar-refractivity contribution in [3.05, 3.63) is 29.3 Å². The van der Waals surface area contributed by atoms with Gasteiger partial charge in [-0.25, -0.2) is 0 Å². The van der Waals surface area contributed by atoms with E-state index in [0.29, 0.717) is 17.3 Å². The molecule has 0 heterocycles. The fraction of sp³-hybridized carbons (Fsp3) is 0.462. The average Bonchev–Trinajstić information content (AvgIpc) is 3.10. The van der Waals surface area contributed by atoms with Gasteiger partial charge in [0.2, 0.25) is 5.91 Å². The van der Waals surface area contributed by atoms with Crippen LogP contribution in [0.2, 0.25) is 5.02 Å². The van der Waals surface area contributed by atoms with Crippen molar-refractivity contribution in [2.24, 2.45) is 5.41 Å². The molecule has 0 atom stereocenters. The van der Waals surface area contributed by atoms with Crippen LogP contribution in [0.3, 0.4) is 0 Å². The van der Waals surface area contributed by atoms with Gasteiger partial charge in [0.25, 0.3) is 0 Å². The maximum atomic E-state index is 11.6. The highest BCUT2D eigenvalue weighted by Gasteiger charge is 2.41. The number of carbonyl (C=O) groups is 1. The molecule has 98 valence electrons. The summed E-state index contributed by atoms with van der Waals surface area (Å²) in [6.45, 7) is 1.12. The number of hydrogen-bond acceptors (Lipinski definition) is 3. The van der Waals surface area contributed by atoms with Gasteiger partial charge in [0.15, 0.2) is 0 Å². The molecule has 1 aromatic rings. The zero-order valence-corrected chi connectivity index (χ0v) is 10.8. The fourth-order valence-electron chi connectivity index (χ4n) is 1.78. The van der Waals surface area contributed by atoms with Crippen LogP contribution in [0.15, 0.2) is 24.3 Å². The minimum atomic E-state index is -0.106. The first-order valence-corrected chi connectivity index (χ1v) is 6.38. The lowest BCUT2D eigenvalue weighted by molar-refractivity contribution is -0.115. The van der Waals surface area contributed by atoms with E-state index >= 15 is 0 Å². The Bertz CT molecular complexity index is 433. The molecule has 4 nitrogen and oxygen atoms in total. The molecule has 0 saturated heterocycles. The van der Waals surface area contributed by atoms with Gasteiger partial charge in [-0.15, -0.1) is 0 Å². The number of aliphatic hydroxyl groups excluding tert-OH is 1. The number of carbonyl (C=O) groups excluding carboxylic acids is 1. The molecule has 0 aromatic heterocycles. The molecule has 1 amide bonds. The molecule has 18 heavy (non-hydrogen) atoms. The second-order valence-electron chi connectivity index (χ2n) is 4.82. The van der Waals surface area contributed by atoms with Crippen molar-refractivity contribution in [1.29, 1.82) is 0 Å². The van der Waals surface area contributed by atoms with E-state index in [1.165, 1.54) is 0 Å². The summed E-state index contributed by atoms with van der Waals surface area (Å²) in [5.41, 5.74) is 0.716. The van der Waals surface area contributed by atoms with Crippen molar-refractivity contribution >= 4 is 23.2 Å². The van der Waals surface area contributed by atoms with E-state index in [0.717, 1.165) is 12.8 Å². The Kier molecular flexibility index (Phi) is 4.22. The number of anilines is 1. The number of nitrogens with one attached hydrogen (secondary N) is 2. The zero-order valence-electron chi connectivity index (χ0n) is 10.1. The number of benzene rings is 1. The second kappa shape index (κ2) is 5.69. The summed E-state index contributed by atoms with van der Waals surface area (Å²) in [4.78, 5) is 11.6. The standard InChI is InChI=1S/C13H17ClN2O2/c14-10-2-1-3-11(6-10)16-12(18)7-15-8-13(9-17)4-5-13/h1-3,6,15,17H,4-5,7-9H2,(H,16,18). The summed E-state index contributed by atoms with van der Waals surface area (Å²) in [5, 5.41) is 15.6. The second-order valence-corrected chi connectivity index (χ2v) is 5.26. The van der Waals surface area contributed by atoms with Gasteiger partial charge in [-0.3, -0.25) is 4.79 Å². The monoisotopic (exact) mass is 268 g/mol. The fourth-order valence-corrected chi connectivity index (χ4v) is 1.97. The lowest BCUT2D eigenvalue weighted by Gasteiger charge is -2.12. The highest BCUT2D eigenvalue weighted by atomic mass is 35.5. The first kappa shape index (κ1) is 13.3. The first-order chi connectivity index (χ1) is 8.63. The molecule has 1 aliphatic carbocycles. The number of halogens is 1. The zero-order chi connectivity index (χ0) is 13.0. The van der Waals surface area contributed by atoms with Crippen LogP contribution in [0.25, 0.3) is 0 Å². The predicted molar refractivity (Wildman–Crippen MR) is 71.7 cm³/mol. The molecule has 0 aliphatic heterocycles. The van der Waals surface area contributed by atoms with Crippen LogP contribution >= 0.6 is 11.6 Å². The molecule has 2 rings (SSSR count). The SMILES string of the molecule is O=C(CNCC1(CO)CC1)Nc1cccc(Cl)c1. The predicted octanol–water partition coefficient (Wildman–Crippen LogP) is 1.64. The summed E-state index contributed by atoms with van der Waals surface area (Å²) in [6, 6.07) is 7.04. The van der Waals surface area contributed by atoms with Gasteiger partial charge in [-0.05, 0) is 31.0 Å². The molecular weight excluding hydrogens is 252 g/mol. The minimum absolute atomic E-state index is 0.0241. The van der Waals surface area contributed by atoms with Gasteiger partial charge in [-0.2, -0.15) is 0 Å². The number of aliphatic hydroxyl groups is 1. The Labute approximate surface area is 111 Å². The Morgan fingerprint density at radius 1 is 1.44 bits per heavy atom. The Balaban J connectivity index is 1.72. The van der Waals surface area contributed by atoms with Gasteiger partial charge in [0.05, 0.1) is 6.54 Å². The van der Waals surface area contributed by atoms with Crippen molar-refractivity contribution in [1.82, 2.24) is 5.32 Å². The normalized spacial score (nSPS) is 16.3. The molecule has 0 unspecified atom stereocenters. The summed E-state index contributed by atoms with van der Waals surface area (Å²) in [6.07, 6.45) is 2.07. The van der Waals surface area contributed by atoms with Crippen LogP contribution < -0.4 is 10.6 Å². The van der Waals surface area contributed by atoms with Crippen LogP contribution in [0.5, 0.6) is 0 Å². The van der Waals surface area contributed by atoms with Crippen LogP contribution in [0.1, 0.15) is 12.8 Å². The summed E-state index contributed by atoms with van der Waals surface area (Å²) < 4.78 is 0. The van der Waals surface area contributed by atoms with E-state index in [1.54, 1.807) is 24.3 Å². The molecule has 3 N–H and O–H groups in total. The maximum absolute atomic E-state index is 11.6. The van der Waals surface area contributed by atoms with Gasteiger partial charge in [-0.1, -0.05) is 17.7 Å². The number of hydrogen-bond donors (Lipinski definition) is 3. The number of amides is 1. The molecule has 0 radical (unpaired) electrons. The Morgan fingerprint density at radius 3 is 2.83 bits per heavy atom. The van der Waals surface area contributed by atoms with E-state index in [1.807, 2.05) is 0 Å². The molecule has 1 fully saturated rings. The average molecular weight is 269 g/mol. The van der Waals surface area contributed by atoms with E-state index in [-0.39, 0.29) is 24.5 Å². The van der Waals surface area contributed by atoms with E-state index in [2.05, 4.69) is 10.6 Å². The molecule has 0 bridgehead atoms. The largest absolute Gasteiger partial charge is 0.396 e. The third kappa shape index (κ3) is 3.70. The third-order valence-electron chi connectivity index (χ3n) is 3.19. The van der Waals surface area contributed by atoms with E-state index in [9.17, 15) is 4.79 Å². The molecule has 0 spiro atoms. The van der Waals surface area contributed by atoms with Crippen LogP contribution in [0.4, 0.5) is 5.69 Å². The Morgan fingerprint density at radius 2 is 2.22 bits per heavy atom. The van der Waals surface area contributed by atoms with Gasteiger partial charge in [0.1, 0.15) is 0 Å². The van der Waals surface area contributed by atoms with Crippen molar-refractivity contribution in [3.63, 3.8) is 0 Å². The molecule has 1 aromatic carbocycles. The van der Waals surface area contributed by atoms with Crippen molar-refractivity contribution in [3.8, 4) is 0 Å². The highest BCUT2D eigenvalue weighted by Crippen LogP contribution is 2.44. The number of rotatable bonds is 6. The quantitative estimate of drug-likeness (QED) is 0.735. The van der Waals surface area contributed by atoms with Gasteiger partial charge < -0.3 is 15.7 Å². The molecular formula is C13H17ClN2O2. The van der Waals surface area contributed by atoms with Crippen molar-refractivity contribution in [2.75, 3.05) is 25.0 Å². The summed E-state index contributed by atoms with van der Waals surface area (Å²) in [7, 11) is 0. The lowest BCUT2D eigenvalue weighted by Crippen LogP contribution is -2.33. The van der Waals surface area contributed by atoms with Gasteiger partial charge in [0, 0.05) is 29.3 Å².